The predicted molar refractivity (Wildman–Crippen MR) is 137 cm³/mol. The zero-order valence-electron chi connectivity index (χ0n) is 22.5. The molecule has 0 rings (SSSR count). The van der Waals surface area contributed by atoms with E-state index in [4.69, 9.17) is 4.43 Å². The third-order valence-corrected chi connectivity index (χ3v) is 21.4. The van der Waals surface area contributed by atoms with Crippen LogP contribution < -0.4 is 9.96 Å². The number of carbonyl (C=O) groups is 2. The van der Waals surface area contributed by atoms with Crippen LogP contribution in [-0.4, -0.2) is 42.7 Å². The molecule has 0 aromatic heterocycles. The van der Waals surface area contributed by atoms with Gasteiger partial charge in [-0.15, -0.1) is 0 Å². The molecule has 0 aliphatic rings. The molecule has 1 unspecified atom stereocenters. The fraction of sp³-hybridized carbons (Fsp3) is 0.909. The number of hydrogen-bond donors (Lipinski definition) is 2. The number of hydrogen-bond acceptors (Lipinski definition) is 4. The summed E-state index contributed by atoms with van der Waals surface area (Å²) in [7, 11) is -6.30. The van der Waals surface area contributed by atoms with Crippen molar-refractivity contribution in [2.24, 2.45) is 0 Å². The Morgan fingerprint density at radius 1 is 0.733 bits per heavy atom. The molecule has 1 atom stereocenters. The smallest absolute Gasteiger partial charge is 0.309 e. The van der Waals surface area contributed by atoms with Crippen molar-refractivity contribution >= 4 is 36.7 Å². The summed E-state index contributed by atoms with van der Waals surface area (Å²) < 4.78 is 6.11. The molecule has 2 N–H and O–H groups in total. The van der Waals surface area contributed by atoms with Gasteiger partial charge in [0, 0.05) is 0 Å². The lowest BCUT2D eigenvalue weighted by Crippen LogP contribution is -2.62. The molecule has 30 heavy (non-hydrogen) atoms. The summed E-state index contributed by atoms with van der Waals surface area (Å²) in [4.78, 5) is 33.2. The first-order valence-electron chi connectivity index (χ1n) is 11.2. The van der Waals surface area contributed by atoms with Crippen LogP contribution in [0.15, 0.2) is 0 Å². The normalized spacial score (nSPS) is 15.6. The van der Waals surface area contributed by atoms with Gasteiger partial charge in [0.1, 0.15) is 14.3 Å². The van der Waals surface area contributed by atoms with Gasteiger partial charge >= 0.3 is 5.97 Å². The minimum absolute atomic E-state index is 0.0344. The molecule has 0 aromatic carbocycles. The van der Waals surface area contributed by atoms with Gasteiger partial charge in [0.25, 0.3) is 8.32 Å². The van der Waals surface area contributed by atoms with E-state index < -0.39 is 30.8 Å². The molecule has 8 heteroatoms. The Morgan fingerprint density at radius 3 is 1.47 bits per heavy atom. The zero-order valence-corrected chi connectivity index (χ0v) is 25.5. The average molecular weight is 475 g/mol. The average Bonchev–Trinajstić information content (AvgIpc) is 2.41. The van der Waals surface area contributed by atoms with Crippen LogP contribution in [0.4, 0.5) is 0 Å². The summed E-state index contributed by atoms with van der Waals surface area (Å²) in [6.07, 6.45) is 0.118. The predicted octanol–water partition coefficient (Wildman–Crippen LogP) is 6.01. The van der Waals surface area contributed by atoms with Gasteiger partial charge in [-0.25, -0.2) is 0 Å². The summed E-state index contributed by atoms with van der Waals surface area (Å²) in [5, 5.41) is -0.00133. The lowest BCUT2D eigenvalue weighted by atomic mass is 10.2. The minimum atomic E-state index is -2.28. The van der Waals surface area contributed by atoms with Crippen LogP contribution in [0.5, 0.6) is 0 Å². The summed E-state index contributed by atoms with van der Waals surface area (Å²) in [6.45, 7) is 32.3. The van der Waals surface area contributed by atoms with Gasteiger partial charge in [-0.1, -0.05) is 88.5 Å². The lowest BCUT2D eigenvalue weighted by Gasteiger charge is -2.42. The van der Waals surface area contributed by atoms with Gasteiger partial charge in [0.05, 0.1) is 6.42 Å². The molecule has 0 aromatic rings. The minimum Gasteiger partial charge on any atom is -0.518 e. The van der Waals surface area contributed by atoms with Gasteiger partial charge in [0.2, 0.25) is 5.91 Å². The quantitative estimate of drug-likeness (QED) is 0.443. The van der Waals surface area contributed by atoms with Gasteiger partial charge in [-0.3, -0.25) is 9.59 Å². The number of nitrogens with one attached hydrogen (secondary N) is 2. The third-order valence-electron chi connectivity index (χ3n) is 7.57. The van der Waals surface area contributed by atoms with Crippen molar-refractivity contribution in [2.75, 3.05) is 0 Å². The van der Waals surface area contributed by atoms with E-state index in [1.54, 1.807) is 0 Å². The molecule has 1 amide bonds. The molecule has 0 radical (unpaired) electrons. The molecule has 0 heterocycles. The van der Waals surface area contributed by atoms with Crippen molar-refractivity contribution in [3.05, 3.63) is 0 Å². The molecule has 0 fully saturated rings. The van der Waals surface area contributed by atoms with Crippen LogP contribution in [0.3, 0.4) is 0 Å². The van der Waals surface area contributed by atoms with Crippen LogP contribution >= 0.6 is 0 Å². The van der Waals surface area contributed by atoms with E-state index in [2.05, 4.69) is 112 Å². The highest BCUT2D eigenvalue weighted by Gasteiger charge is 2.45. The van der Waals surface area contributed by atoms with Crippen molar-refractivity contribution in [3.8, 4) is 0 Å². The first-order valence-corrected chi connectivity index (χ1v) is 20.1. The lowest BCUT2D eigenvalue weighted by molar-refractivity contribution is -0.139. The molecule has 0 aliphatic carbocycles. The second-order valence-corrected chi connectivity index (χ2v) is 28.1. The summed E-state index contributed by atoms with van der Waals surface area (Å²) >= 11 is 0. The first kappa shape index (κ1) is 29.6. The van der Waals surface area contributed by atoms with E-state index in [1.165, 1.54) is 0 Å². The van der Waals surface area contributed by atoms with Crippen molar-refractivity contribution in [3.63, 3.8) is 0 Å². The molecular weight excluding hydrogens is 425 g/mol. The topological polar surface area (TPSA) is 67.4 Å². The number of rotatable bonds is 7. The molecule has 5 nitrogen and oxygen atoms in total. The summed E-state index contributed by atoms with van der Waals surface area (Å²) in [5.41, 5.74) is 0. The maximum absolute atomic E-state index is 13.3. The number of carbonyl (C=O) groups excluding carboxylic acids is 2. The Bertz CT molecular complexity index is 625. The molecular formula is C22H50N2O3Si3. The van der Waals surface area contributed by atoms with Gasteiger partial charge < -0.3 is 14.4 Å². The second kappa shape index (κ2) is 9.19. The Morgan fingerprint density at radius 2 is 1.13 bits per heavy atom. The van der Waals surface area contributed by atoms with E-state index in [9.17, 15) is 9.59 Å². The molecule has 0 aliphatic heterocycles. The zero-order chi connectivity index (χ0) is 24.6. The highest BCUT2D eigenvalue weighted by atomic mass is 28.4. The molecule has 0 spiro atoms. The van der Waals surface area contributed by atoms with E-state index in [1.807, 2.05) is 0 Å². The van der Waals surface area contributed by atoms with Crippen molar-refractivity contribution in [1.82, 2.24) is 9.96 Å². The van der Waals surface area contributed by atoms with Crippen molar-refractivity contribution < 1.29 is 14.0 Å². The Hall–Kier alpha value is -0.449. The Balaban J connectivity index is 5.76. The van der Waals surface area contributed by atoms with E-state index in [0.29, 0.717) is 0 Å². The second-order valence-electron chi connectivity index (χ2n) is 13.4. The SMILES string of the molecule is CC(C)(C)[Si](C)(C)NC(=O)CC(N[Si](C)(C)C(C)(C)C)C(=O)O[Si](C)(C)C(C)(C)C. The van der Waals surface area contributed by atoms with Crippen LogP contribution in [0.1, 0.15) is 68.7 Å². The van der Waals surface area contributed by atoms with Crippen LogP contribution in [-0.2, 0) is 14.0 Å². The van der Waals surface area contributed by atoms with Crippen molar-refractivity contribution in [2.45, 2.75) is 129 Å². The van der Waals surface area contributed by atoms with Crippen molar-refractivity contribution in [1.29, 1.82) is 0 Å². The maximum atomic E-state index is 13.3. The standard InChI is InChI=1S/C22H50N2O3Si3/c1-20(2,3)28(10,11)23-17(19(26)27-30(14,15)22(7,8)9)16-18(25)24-29(12,13)21(4,5)6/h17,23H,16H2,1-15H3,(H,24,25). The van der Waals surface area contributed by atoms with Crippen LogP contribution in [0.25, 0.3) is 0 Å². The Kier molecular flexibility index (Phi) is 9.06. The largest absolute Gasteiger partial charge is 0.518 e. The Labute approximate surface area is 189 Å². The molecule has 0 saturated heterocycles. The molecule has 0 bridgehead atoms. The molecule has 178 valence electrons. The van der Waals surface area contributed by atoms with E-state index in [0.717, 1.165) is 0 Å². The number of amides is 1. The maximum Gasteiger partial charge on any atom is 0.309 e. The fourth-order valence-electron chi connectivity index (χ4n) is 2.09. The van der Waals surface area contributed by atoms with E-state index >= 15 is 0 Å². The van der Waals surface area contributed by atoms with Crippen LogP contribution in [0.2, 0.25) is 54.4 Å². The highest BCUT2D eigenvalue weighted by molar-refractivity contribution is 6.80. The third kappa shape index (κ3) is 7.91. The van der Waals surface area contributed by atoms with E-state index in [-0.39, 0.29) is 33.4 Å². The first-order chi connectivity index (χ1) is 12.8. The summed E-state index contributed by atoms with van der Waals surface area (Å²) in [6, 6.07) is -0.621. The monoisotopic (exact) mass is 474 g/mol. The fourth-order valence-corrected chi connectivity index (χ4v) is 5.74. The van der Waals surface area contributed by atoms with Gasteiger partial charge in [-0.05, 0) is 28.2 Å². The summed E-state index contributed by atoms with van der Waals surface area (Å²) in [5.74, 6) is -0.346. The van der Waals surface area contributed by atoms with Gasteiger partial charge in [0.15, 0.2) is 8.24 Å². The van der Waals surface area contributed by atoms with Crippen LogP contribution in [0, 0.1) is 0 Å². The highest BCUT2D eigenvalue weighted by Crippen LogP contribution is 2.38. The van der Waals surface area contributed by atoms with Gasteiger partial charge in [-0.2, -0.15) is 0 Å². The molecule has 0 saturated carbocycles.